The third-order valence-electron chi connectivity index (χ3n) is 3.83. The quantitative estimate of drug-likeness (QED) is 0.488. The van der Waals surface area contributed by atoms with Gasteiger partial charge in [0.15, 0.2) is 0 Å². The molecule has 0 N–H and O–H groups in total. The van der Waals surface area contributed by atoms with Crippen LogP contribution >= 0.6 is 0 Å². The van der Waals surface area contributed by atoms with Crippen LogP contribution < -0.4 is 0 Å². The summed E-state index contributed by atoms with van der Waals surface area (Å²) in [5, 5.41) is 3.88. The number of aromatic nitrogens is 2. The van der Waals surface area contributed by atoms with Crippen LogP contribution in [0.4, 0.5) is 0 Å². The van der Waals surface area contributed by atoms with Gasteiger partial charge in [-0.05, 0) is 19.1 Å². The van der Waals surface area contributed by atoms with Gasteiger partial charge in [-0.3, -0.25) is 4.98 Å². The van der Waals surface area contributed by atoms with Crippen molar-refractivity contribution in [2.24, 2.45) is 0 Å². The summed E-state index contributed by atoms with van der Waals surface area (Å²) in [5.41, 5.74) is 3.58. The number of rotatable bonds is 1. The van der Waals surface area contributed by atoms with E-state index in [1.807, 2.05) is 12.3 Å². The summed E-state index contributed by atoms with van der Waals surface area (Å²) in [6.45, 7) is 3.14. The number of para-hydroxylation sites is 2. The number of nitrogens with zero attached hydrogens (tertiary/aromatic N) is 2. The minimum absolute atomic E-state index is 0.962. The monoisotopic (exact) mass is 246 g/mol. The maximum absolute atomic E-state index is 4.59. The molecule has 2 heteroatoms. The van der Waals surface area contributed by atoms with E-state index in [-0.39, 0.29) is 0 Å². The molecule has 19 heavy (non-hydrogen) atoms. The maximum Gasteiger partial charge on any atom is 0.0709 e. The van der Waals surface area contributed by atoms with Crippen molar-refractivity contribution in [2.75, 3.05) is 0 Å². The summed E-state index contributed by atoms with van der Waals surface area (Å²) in [7, 11) is 0. The van der Waals surface area contributed by atoms with E-state index in [9.17, 15) is 0 Å². The lowest BCUT2D eigenvalue weighted by molar-refractivity contribution is 0.826. The predicted octanol–water partition coefficient (Wildman–Crippen LogP) is 4.36. The average Bonchev–Trinajstić information content (AvgIpc) is 2.81. The lowest BCUT2D eigenvalue weighted by atomic mass is 10.1. The first-order valence-electron chi connectivity index (χ1n) is 6.65. The van der Waals surface area contributed by atoms with E-state index in [1.165, 1.54) is 27.2 Å². The van der Waals surface area contributed by atoms with Crippen molar-refractivity contribution in [1.82, 2.24) is 9.55 Å². The number of aryl methyl sites for hydroxylation is 1. The second-order valence-electron chi connectivity index (χ2n) is 4.80. The van der Waals surface area contributed by atoms with Gasteiger partial charge in [-0.25, -0.2) is 0 Å². The van der Waals surface area contributed by atoms with E-state index in [4.69, 9.17) is 0 Å². The van der Waals surface area contributed by atoms with Crippen LogP contribution in [0.1, 0.15) is 6.92 Å². The molecule has 0 aliphatic carbocycles. The van der Waals surface area contributed by atoms with E-state index in [1.54, 1.807) is 0 Å². The Kier molecular flexibility index (Phi) is 2.12. The molecule has 2 aromatic carbocycles. The fourth-order valence-corrected chi connectivity index (χ4v) is 3.01. The molecule has 0 saturated carbocycles. The van der Waals surface area contributed by atoms with Gasteiger partial charge in [0.2, 0.25) is 0 Å². The summed E-state index contributed by atoms with van der Waals surface area (Å²) in [6.07, 6.45) is 2.00. The maximum atomic E-state index is 4.59. The SMILES string of the molecule is CCn1c2ccccc2c2c3ccccc3ncc21. The Bertz CT molecular complexity index is 903. The Labute approximate surface area is 111 Å². The molecule has 0 radical (unpaired) electrons. The highest BCUT2D eigenvalue weighted by Crippen LogP contribution is 2.33. The van der Waals surface area contributed by atoms with E-state index in [0.717, 1.165) is 12.1 Å². The zero-order chi connectivity index (χ0) is 12.8. The van der Waals surface area contributed by atoms with Crippen LogP contribution in [0.3, 0.4) is 0 Å². The molecule has 0 amide bonds. The number of fused-ring (bicyclic) bond motifs is 5. The highest BCUT2D eigenvalue weighted by atomic mass is 15.0. The van der Waals surface area contributed by atoms with Crippen LogP contribution in [0.2, 0.25) is 0 Å². The normalized spacial score (nSPS) is 11.6. The molecule has 0 aliphatic rings. The van der Waals surface area contributed by atoms with Crippen LogP contribution in [0, 0.1) is 0 Å². The summed E-state index contributed by atoms with van der Waals surface area (Å²) >= 11 is 0. The Morgan fingerprint density at radius 3 is 2.47 bits per heavy atom. The van der Waals surface area contributed by atoms with E-state index >= 15 is 0 Å². The smallest absolute Gasteiger partial charge is 0.0709 e. The highest BCUT2D eigenvalue weighted by molar-refractivity contribution is 6.19. The van der Waals surface area contributed by atoms with Gasteiger partial charge in [0.25, 0.3) is 0 Å². The van der Waals surface area contributed by atoms with Gasteiger partial charge in [-0.15, -0.1) is 0 Å². The molecule has 4 rings (SSSR count). The number of pyridine rings is 1. The molecule has 92 valence electrons. The van der Waals surface area contributed by atoms with Crippen LogP contribution in [0.25, 0.3) is 32.7 Å². The molecule has 0 saturated heterocycles. The second-order valence-corrected chi connectivity index (χ2v) is 4.80. The molecular formula is C17H14N2. The first-order valence-corrected chi connectivity index (χ1v) is 6.65. The number of benzene rings is 2. The minimum atomic E-state index is 0.962. The van der Waals surface area contributed by atoms with Crippen LogP contribution in [0.15, 0.2) is 54.7 Å². The second kappa shape index (κ2) is 3.82. The molecule has 0 bridgehead atoms. The molecule has 0 spiro atoms. The van der Waals surface area contributed by atoms with Gasteiger partial charge >= 0.3 is 0 Å². The van der Waals surface area contributed by atoms with Crippen molar-refractivity contribution in [2.45, 2.75) is 13.5 Å². The lowest BCUT2D eigenvalue weighted by Gasteiger charge is -2.03. The van der Waals surface area contributed by atoms with Crippen LogP contribution in [-0.4, -0.2) is 9.55 Å². The zero-order valence-corrected chi connectivity index (χ0v) is 10.8. The Morgan fingerprint density at radius 2 is 1.63 bits per heavy atom. The topological polar surface area (TPSA) is 17.8 Å². The van der Waals surface area contributed by atoms with Crippen molar-refractivity contribution in [3.63, 3.8) is 0 Å². The molecule has 0 fully saturated rings. The summed E-state index contributed by atoms with van der Waals surface area (Å²) in [4.78, 5) is 4.59. The van der Waals surface area contributed by atoms with E-state index in [0.29, 0.717) is 0 Å². The summed E-state index contributed by atoms with van der Waals surface area (Å²) in [5.74, 6) is 0. The van der Waals surface area contributed by atoms with Gasteiger partial charge in [-0.2, -0.15) is 0 Å². The Balaban J connectivity index is 2.37. The molecule has 0 unspecified atom stereocenters. The van der Waals surface area contributed by atoms with Crippen LogP contribution in [-0.2, 0) is 6.54 Å². The van der Waals surface area contributed by atoms with E-state index < -0.39 is 0 Å². The van der Waals surface area contributed by atoms with Gasteiger partial charge in [0.1, 0.15) is 0 Å². The number of hydrogen-bond donors (Lipinski definition) is 0. The number of hydrogen-bond acceptors (Lipinski definition) is 1. The molecule has 4 aromatic rings. The van der Waals surface area contributed by atoms with E-state index in [2.05, 4.69) is 58.9 Å². The minimum Gasteiger partial charge on any atom is -0.339 e. The fourth-order valence-electron chi connectivity index (χ4n) is 3.01. The van der Waals surface area contributed by atoms with Crippen molar-refractivity contribution < 1.29 is 0 Å². The van der Waals surface area contributed by atoms with Gasteiger partial charge in [0, 0.05) is 28.2 Å². The van der Waals surface area contributed by atoms with Crippen molar-refractivity contribution >= 4 is 32.7 Å². The predicted molar refractivity (Wildman–Crippen MR) is 80.4 cm³/mol. The first-order chi connectivity index (χ1) is 9.40. The Morgan fingerprint density at radius 1 is 0.895 bits per heavy atom. The fraction of sp³-hybridized carbons (Fsp3) is 0.118. The largest absolute Gasteiger partial charge is 0.339 e. The molecule has 0 atom stereocenters. The van der Waals surface area contributed by atoms with Crippen molar-refractivity contribution in [3.05, 3.63) is 54.7 Å². The van der Waals surface area contributed by atoms with Crippen molar-refractivity contribution in [1.29, 1.82) is 0 Å². The van der Waals surface area contributed by atoms with Gasteiger partial charge < -0.3 is 4.57 Å². The lowest BCUT2D eigenvalue weighted by Crippen LogP contribution is -1.93. The first kappa shape index (κ1) is 10.6. The molecule has 0 aliphatic heterocycles. The Hall–Kier alpha value is -2.35. The molecule has 2 heterocycles. The van der Waals surface area contributed by atoms with Crippen LogP contribution in [0.5, 0.6) is 0 Å². The standard InChI is InChI=1S/C17H14N2/c1-2-19-15-10-6-4-8-13(15)17-12-7-3-5-9-14(12)18-11-16(17)19/h3-11H,2H2,1H3. The highest BCUT2D eigenvalue weighted by Gasteiger charge is 2.11. The third-order valence-corrected chi connectivity index (χ3v) is 3.83. The molecule has 2 nitrogen and oxygen atoms in total. The van der Waals surface area contributed by atoms with Gasteiger partial charge in [0.05, 0.1) is 17.2 Å². The third kappa shape index (κ3) is 1.34. The zero-order valence-electron chi connectivity index (χ0n) is 10.8. The molecular weight excluding hydrogens is 232 g/mol. The summed E-state index contributed by atoms with van der Waals surface area (Å²) < 4.78 is 2.34. The van der Waals surface area contributed by atoms with Gasteiger partial charge in [-0.1, -0.05) is 36.4 Å². The average molecular weight is 246 g/mol. The molecule has 2 aromatic heterocycles. The summed E-state index contributed by atoms with van der Waals surface area (Å²) in [6, 6.07) is 17.0. The van der Waals surface area contributed by atoms with Crippen molar-refractivity contribution in [3.8, 4) is 0 Å².